The summed E-state index contributed by atoms with van der Waals surface area (Å²) in [5.74, 6) is 0.870. The molecule has 3 aliphatic rings. The van der Waals surface area contributed by atoms with Crippen LogP contribution in [0.2, 0.25) is 0 Å². The number of nitrogens with two attached hydrogens (primary N) is 1. The molecule has 0 aromatic heterocycles. The van der Waals surface area contributed by atoms with Gasteiger partial charge in [0.25, 0.3) is 0 Å². The predicted molar refractivity (Wildman–Crippen MR) is 99.3 cm³/mol. The van der Waals surface area contributed by atoms with Gasteiger partial charge in [-0.25, -0.2) is 0 Å². The second kappa shape index (κ2) is 7.63. The van der Waals surface area contributed by atoms with Crippen LogP contribution in [0.5, 0.6) is 0 Å². The molecule has 1 heterocycles. The normalized spacial score (nSPS) is 31.5. The van der Waals surface area contributed by atoms with Crippen molar-refractivity contribution in [2.75, 3.05) is 19.6 Å². The van der Waals surface area contributed by atoms with Crippen LogP contribution >= 0.6 is 24.0 Å². The lowest BCUT2D eigenvalue weighted by Crippen LogP contribution is -2.37. The third-order valence-corrected chi connectivity index (χ3v) is 4.93. The Bertz CT molecular complexity index is 504. The first-order valence-corrected chi connectivity index (χ1v) is 8.20. The molecule has 1 saturated carbocycles. The molecule has 0 aromatic rings. The SMILES string of the molecule is CCCN=C(N)NCCCN1C(=O)C2C3C=CC(C3)C2C1=O.I. The van der Waals surface area contributed by atoms with E-state index >= 15 is 0 Å². The van der Waals surface area contributed by atoms with Crippen LogP contribution in [0, 0.1) is 23.7 Å². The van der Waals surface area contributed by atoms with E-state index < -0.39 is 0 Å². The highest BCUT2D eigenvalue weighted by Gasteiger charge is 2.58. The van der Waals surface area contributed by atoms with Crippen molar-refractivity contribution in [3.63, 3.8) is 0 Å². The van der Waals surface area contributed by atoms with E-state index in [2.05, 4.69) is 22.5 Å². The number of fused-ring (bicyclic) bond motifs is 5. The smallest absolute Gasteiger partial charge is 0.233 e. The molecule has 2 fully saturated rings. The summed E-state index contributed by atoms with van der Waals surface area (Å²) in [6, 6.07) is 0. The van der Waals surface area contributed by atoms with Gasteiger partial charge in [-0.3, -0.25) is 19.5 Å². The summed E-state index contributed by atoms with van der Waals surface area (Å²) in [4.78, 5) is 30.5. The molecule has 0 spiro atoms. The van der Waals surface area contributed by atoms with E-state index in [0.717, 1.165) is 12.8 Å². The van der Waals surface area contributed by atoms with Gasteiger partial charge in [0.05, 0.1) is 11.8 Å². The quantitative estimate of drug-likeness (QED) is 0.165. The van der Waals surface area contributed by atoms with Gasteiger partial charge in [-0.05, 0) is 31.1 Å². The van der Waals surface area contributed by atoms with Gasteiger partial charge in [0, 0.05) is 19.6 Å². The van der Waals surface area contributed by atoms with Crippen LogP contribution in [0.1, 0.15) is 26.2 Å². The molecule has 6 nitrogen and oxygen atoms in total. The van der Waals surface area contributed by atoms with Crippen molar-refractivity contribution in [3.05, 3.63) is 12.2 Å². The Kier molecular flexibility index (Phi) is 6.05. The highest BCUT2D eigenvalue weighted by atomic mass is 127. The number of carbonyl (C=O) groups excluding carboxylic acids is 2. The van der Waals surface area contributed by atoms with Crippen LogP contribution < -0.4 is 11.1 Å². The standard InChI is InChI=1S/C16H24N4O2.HI/c1-2-6-18-16(17)19-7-3-8-20-14(21)12-10-4-5-11(9-10)13(12)15(20)22;/h4-5,10-13H,2-3,6-9H2,1H3,(H3,17,18,19);1H. The van der Waals surface area contributed by atoms with Gasteiger partial charge in [-0.2, -0.15) is 0 Å². The van der Waals surface area contributed by atoms with Gasteiger partial charge >= 0.3 is 0 Å². The fourth-order valence-corrected chi connectivity index (χ4v) is 3.93. The van der Waals surface area contributed by atoms with Crippen molar-refractivity contribution in [2.24, 2.45) is 34.4 Å². The van der Waals surface area contributed by atoms with Gasteiger partial charge < -0.3 is 11.1 Å². The first-order valence-electron chi connectivity index (χ1n) is 8.20. The average molecular weight is 432 g/mol. The fourth-order valence-electron chi connectivity index (χ4n) is 3.93. The van der Waals surface area contributed by atoms with E-state index in [0.29, 0.717) is 32.0 Å². The van der Waals surface area contributed by atoms with E-state index in [1.807, 2.05) is 6.92 Å². The Morgan fingerprint density at radius 1 is 1.30 bits per heavy atom. The number of hydrogen-bond acceptors (Lipinski definition) is 3. The zero-order valence-corrected chi connectivity index (χ0v) is 15.7. The lowest BCUT2D eigenvalue weighted by molar-refractivity contribution is -0.140. The minimum absolute atomic E-state index is 0. The zero-order valence-electron chi connectivity index (χ0n) is 13.4. The van der Waals surface area contributed by atoms with Crippen LogP contribution in [-0.4, -0.2) is 42.3 Å². The minimum Gasteiger partial charge on any atom is -0.370 e. The molecule has 4 unspecified atom stereocenters. The van der Waals surface area contributed by atoms with Gasteiger partial charge in [-0.15, -0.1) is 24.0 Å². The molecule has 2 amide bonds. The topological polar surface area (TPSA) is 87.8 Å². The molecule has 3 rings (SSSR count). The second-order valence-electron chi connectivity index (χ2n) is 6.38. The molecule has 1 saturated heterocycles. The van der Waals surface area contributed by atoms with Crippen LogP contribution in [0.15, 0.2) is 17.1 Å². The number of rotatable bonds is 6. The number of nitrogens with one attached hydrogen (secondary N) is 1. The van der Waals surface area contributed by atoms with Crippen molar-refractivity contribution >= 4 is 41.8 Å². The number of halogens is 1. The summed E-state index contributed by atoms with van der Waals surface area (Å²) in [5, 5.41) is 3.02. The number of carbonyl (C=O) groups is 2. The Morgan fingerprint density at radius 3 is 2.48 bits per heavy atom. The van der Waals surface area contributed by atoms with Crippen molar-refractivity contribution in [1.82, 2.24) is 10.2 Å². The fraction of sp³-hybridized carbons (Fsp3) is 0.688. The molecular formula is C16H25IN4O2. The Labute approximate surface area is 154 Å². The summed E-state index contributed by atoms with van der Waals surface area (Å²) >= 11 is 0. The maximum atomic E-state index is 12.5. The molecular weight excluding hydrogens is 407 g/mol. The number of amides is 2. The molecule has 2 aliphatic carbocycles. The molecule has 0 aromatic carbocycles. The van der Waals surface area contributed by atoms with Gasteiger partial charge in [-0.1, -0.05) is 19.1 Å². The second-order valence-corrected chi connectivity index (χ2v) is 6.38. The molecule has 7 heteroatoms. The van der Waals surface area contributed by atoms with Crippen LogP contribution in [0.25, 0.3) is 0 Å². The predicted octanol–water partition coefficient (Wildman–Crippen LogP) is 1.12. The number of nitrogens with zero attached hydrogens (tertiary/aromatic N) is 2. The van der Waals surface area contributed by atoms with Crippen LogP contribution in [0.3, 0.4) is 0 Å². The molecule has 128 valence electrons. The molecule has 4 atom stereocenters. The summed E-state index contributed by atoms with van der Waals surface area (Å²) < 4.78 is 0. The monoisotopic (exact) mass is 432 g/mol. The Balaban J connectivity index is 0.00000192. The molecule has 0 radical (unpaired) electrons. The molecule has 23 heavy (non-hydrogen) atoms. The van der Waals surface area contributed by atoms with Crippen molar-refractivity contribution in [3.8, 4) is 0 Å². The molecule has 1 aliphatic heterocycles. The highest BCUT2D eigenvalue weighted by molar-refractivity contribution is 14.0. The van der Waals surface area contributed by atoms with Crippen molar-refractivity contribution in [2.45, 2.75) is 26.2 Å². The minimum atomic E-state index is -0.0911. The lowest BCUT2D eigenvalue weighted by atomic mass is 9.85. The first kappa shape index (κ1) is 18.2. The molecule has 2 bridgehead atoms. The van der Waals surface area contributed by atoms with Crippen LogP contribution in [-0.2, 0) is 9.59 Å². The van der Waals surface area contributed by atoms with Gasteiger partial charge in [0.2, 0.25) is 11.8 Å². The number of aliphatic imine (C=N–C) groups is 1. The molecule has 3 N–H and O–H groups in total. The third kappa shape index (κ3) is 3.39. The first-order chi connectivity index (χ1) is 10.6. The van der Waals surface area contributed by atoms with Crippen molar-refractivity contribution in [1.29, 1.82) is 0 Å². The average Bonchev–Trinajstić information content (AvgIpc) is 3.17. The Hall–Kier alpha value is -1.12. The summed E-state index contributed by atoms with van der Waals surface area (Å²) in [5.41, 5.74) is 5.71. The highest BCUT2D eigenvalue weighted by Crippen LogP contribution is 2.52. The zero-order chi connectivity index (χ0) is 15.7. The summed E-state index contributed by atoms with van der Waals surface area (Å²) in [6.45, 7) is 3.84. The van der Waals surface area contributed by atoms with Crippen LogP contribution in [0.4, 0.5) is 0 Å². The summed E-state index contributed by atoms with van der Waals surface area (Å²) in [6.07, 6.45) is 6.87. The number of imide groups is 1. The van der Waals surface area contributed by atoms with E-state index in [1.165, 1.54) is 4.90 Å². The number of likely N-dealkylation sites (tertiary alicyclic amines) is 1. The van der Waals surface area contributed by atoms with E-state index in [-0.39, 0.29) is 59.5 Å². The third-order valence-electron chi connectivity index (χ3n) is 4.93. The van der Waals surface area contributed by atoms with E-state index in [1.54, 1.807) is 0 Å². The van der Waals surface area contributed by atoms with E-state index in [4.69, 9.17) is 5.73 Å². The number of allylic oxidation sites excluding steroid dienone is 2. The number of guanidine groups is 1. The number of hydrogen-bond donors (Lipinski definition) is 2. The van der Waals surface area contributed by atoms with E-state index in [9.17, 15) is 9.59 Å². The van der Waals surface area contributed by atoms with Crippen molar-refractivity contribution < 1.29 is 9.59 Å². The largest absolute Gasteiger partial charge is 0.370 e. The van der Waals surface area contributed by atoms with Gasteiger partial charge in [0.1, 0.15) is 0 Å². The lowest BCUT2D eigenvalue weighted by Gasteiger charge is -2.17. The Morgan fingerprint density at radius 2 is 1.91 bits per heavy atom. The maximum absolute atomic E-state index is 12.5. The maximum Gasteiger partial charge on any atom is 0.233 e. The summed E-state index contributed by atoms with van der Waals surface area (Å²) in [7, 11) is 0. The van der Waals surface area contributed by atoms with Gasteiger partial charge in [0.15, 0.2) is 5.96 Å².